The second-order valence-electron chi connectivity index (χ2n) is 12.6. The van der Waals surface area contributed by atoms with Crippen LogP contribution in [0.25, 0.3) is 30.3 Å². The Morgan fingerprint density at radius 1 is 0.407 bits per heavy atom. The van der Waals surface area contributed by atoms with Crippen molar-refractivity contribution in [2.75, 3.05) is 28.4 Å². The molecule has 0 atom stereocenters. The molecule has 4 heterocycles. The number of rotatable bonds is 12. The fourth-order valence-electron chi connectivity index (χ4n) is 6.85. The summed E-state index contributed by atoms with van der Waals surface area (Å²) in [4.78, 5) is 3.79. The fourth-order valence-corrected chi connectivity index (χ4v) is 11.5. The lowest BCUT2D eigenvalue weighted by Crippen LogP contribution is -2.28. The predicted octanol–water partition coefficient (Wildman–Crippen LogP) is 11.0. The van der Waals surface area contributed by atoms with E-state index in [1.807, 2.05) is 108 Å². The third-order valence-corrected chi connectivity index (χ3v) is 14.2. The first-order valence-electron chi connectivity index (χ1n) is 17.0. The molecule has 0 saturated heterocycles. The molecule has 0 unspecified atom stereocenters. The Labute approximate surface area is 329 Å². The number of aliphatic hydroxyl groups is 2. The maximum absolute atomic E-state index is 12.8. The molecule has 272 valence electrons. The molecule has 2 N–H and O–H groups in total. The summed E-state index contributed by atoms with van der Waals surface area (Å²) in [5.74, 6) is 2.88. The maximum Gasteiger partial charge on any atom is 0.150 e. The van der Waals surface area contributed by atoms with E-state index in [-0.39, 0.29) is 0 Å². The Hall–Kier alpha value is -4.94. The molecule has 10 heteroatoms. The summed E-state index contributed by atoms with van der Waals surface area (Å²) < 4.78 is 24.0. The van der Waals surface area contributed by atoms with Gasteiger partial charge >= 0.3 is 0 Å². The van der Waals surface area contributed by atoms with Crippen LogP contribution in [0.1, 0.15) is 32.0 Å². The maximum atomic E-state index is 12.8. The Kier molecular flexibility index (Phi) is 9.82. The molecule has 0 radical (unpaired) electrons. The van der Waals surface area contributed by atoms with Crippen molar-refractivity contribution >= 4 is 54.7 Å². The quantitative estimate of drug-likeness (QED) is 0.128. The van der Waals surface area contributed by atoms with Gasteiger partial charge in [-0.25, -0.2) is 0 Å². The average molecular weight is 789 g/mol. The van der Waals surface area contributed by atoms with E-state index >= 15 is 0 Å². The third kappa shape index (κ3) is 6.18. The van der Waals surface area contributed by atoms with E-state index in [1.165, 1.54) is 22.7 Å². The zero-order chi connectivity index (χ0) is 37.5. The van der Waals surface area contributed by atoms with Crippen LogP contribution in [0, 0.1) is 0 Å². The largest absolute Gasteiger partial charge is 0.497 e. The van der Waals surface area contributed by atoms with E-state index in [0.29, 0.717) is 0 Å². The van der Waals surface area contributed by atoms with Gasteiger partial charge in [0.15, 0.2) is 0 Å². The Morgan fingerprint density at radius 2 is 0.685 bits per heavy atom. The minimum absolute atomic E-state index is 0.719. The molecule has 0 aliphatic carbocycles. The van der Waals surface area contributed by atoms with Crippen LogP contribution in [0.3, 0.4) is 0 Å². The molecule has 4 aromatic heterocycles. The number of benzene rings is 4. The van der Waals surface area contributed by atoms with Crippen LogP contribution in [0.2, 0.25) is 0 Å². The topological polar surface area (TPSA) is 77.4 Å². The summed E-state index contributed by atoms with van der Waals surface area (Å²) in [6, 6.07) is 39.0. The smallest absolute Gasteiger partial charge is 0.150 e. The molecule has 0 saturated carbocycles. The monoisotopic (exact) mass is 788 g/mol. The van der Waals surface area contributed by atoms with Crippen molar-refractivity contribution in [1.82, 2.24) is 0 Å². The van der Waals surface area contributed by atoms with Gasteiger partial charge < -0.3 is 29.2 Å². The van der Waals surface area contributed by atoms with Gasteiger partial charge in [0.25, 0.3) is 0 Å². The van der Waals surface area contributed by atoms with Crippen LogP contribution in [0.5, 0.6) is 23.0 Å². The van der Waals surface area contributed by atoms with Gasteiger partial charge in [-0.1, -0.05) is 48.5 Å². The van der Waals surface area contributed by atoms with Crippen molar-refractivity contribution in [3.63, 3.8) is 0 Å². The van der Waals surface area contributed by atoms with Crippen molar-refractivity contribution in [2.45, 2.75) is 11.2 Å². The number of methoxy groups -OCH3 is 4. The van der Waals surface area contributed by atoms with Crippen molar-refractivity contribution < 1.29 is 29.2 Å². The highest BCUT2D eigenvalue weighted by Gasteiger charge is 2.39. The van der Waals surface area contributed by atoms with Gasteiger partial charge in [0.05, 0.1) is 38.2 Å². The number of hydrogen-bond acceptors (Lipinski definition) is 10. The number of thiophene rings is 4. The van der Waals surface area contributed by atoms with Crippen LogP contribution in [0.15, 0.2) is 132 Å². The summed E-state index contributed by atoms with van der Waals surface area (Å²) in [7, 11) is 6.54. The summed E-state index contributed by atoms with van der Waals surface area (Å²) in [5, 5.41) is 29.7. The van der Waals surface area contributed by atoms with Crippen molar-refractivity contribution in [3.8, 4) is 43.9 Å². The lowest BCUT2D eigenvalue weighted by Gasteiger charge is -2.30. The van der Waals surface area contributed by atoms with Crippen molar-refractivity contribution in [2.24, 2.45) is 0 Å². The van der Waals surface area contributed by atoms with Gasteiger partial charge in [-0.05, 0) is 106 Å². The highest BCUT2D eigenvalue weighted by atomic mass is 32.1. The van der Waals surface area contributed by atoms with Crippen LogP contribution in [-0.4, -0.2) is 38.7 Å². The third-order valence-electron chi connectivity index (χ3n) is 9.76. The average Bonchev–Trinajstić information content (AvgIpc) is 4.05. The van der Waals surface area contributed by atoms with E-state index in [2.05, 4.69) is 24.3 Å². The number of hydrogen-bond donors (Lipinski definition) is 2. The van der Waals surface area contributed by atoms with E-state index in [9.17, 15) is 10.2 Å². The van der Waals surface area contributed by atoms with Gasteiger partial charge in [-0.3, -0.25) is 0 Å². The molecule has 0 fully saturated rings. The Bertz CT molecular complexity index is 2210. The SMILES string of the molecule is COc1ccc(C(O)(c2ccc(OC)cc2)c2sccc2-c2cc3sc(-c4ccsc4C(O)(c4ccc(OC)cc4)c4ccc(OC)cc4)cc3s2)cc1. The highest BCUT2D eigenvalue weighted by molar-refractivity contribution is 7.31. The Balaban J connectivity index is 1.20. The van der Waals surface area contributed by atoms with Crippen molar-refractivity contribution in [3.05, 3.63) is 164 Å². The van der Waals surface area contributed by atoms with Gasteiger partial charge in [0, 0.05) is 30.3 Å². The molecule has 8 aromatic rings. The second kappa shape index (κ2) is 14.7. The molecular formula is C44H36O6S4. The first kappa shape index (κ1) is 36.1. The van der Waals surface area contributed by atoms with Gasteiger partial charge in [0.2, 0.25) is 0 Å². The molecule has 4 aromatic carbocycles. The zero-order valence-electron chi connectivity index (χ0n) is 29.9. The summed E-state index contributed by atoms with van der Waals surface area (Å²) in [6.45, 7) is 0. The first-order chi connectivity index (χ1) is 26.3. The van der Waals surface area contributed by atoms with Gasteiger partial charge in [0.1, 0.15) is 34.2 Å². The lowest BCUT2D eigenvalue weighted by atomic mass is 9.83. The Morgan fingerprint density at radius 3 is 0.944 bits per heavy atom. The molecule has 6 nitrogen and oxygen atoms in total. The van der Waals surface area contributed by atoms with Crippen molar-refractivity contribution in [1.29, 1.82) is 0 Å². The van der Waals surface area contributed by atoms with Gasteiger partial charge in [-0.2, -0.15) is 0 Å². The molecule has 8 rings (SSSR count). The normalized spacial score (nSPS) is 11.9. The molecule has 54 heavy (non-hydrogen) atoms. The lowest BCUT2D eigenvalue weighted by molar-refractivity contribution is 0.130. The number of fused-ring (bicyclic) bond motifs is 1. The predicted molar refractivity (Wildman–Crippen MR) is 223 cm³/mol. The summed E-state index contributed by atoms with van der Waals surface area (Å²) in [6.07, 6.45) is 0. The fraction of sp³-hybridized carbons (Fsp3) is 0.136. The van der Waals surface area contributed by atoms with Crippen LogP contribution >= 0.6 is 45.3 Å². The molecule has 0 bridgehead atoms. The number of ether oxygens (including phenoxy) is 4. The van der Waals surface area contributed by atoms with Crippen LogP contribution in [0.4, 0.5) is 0 Å². The minimum Gasteiger partial charge on any atom is -0.497 e. The molecule has 0 spiro atoms. The van der Waals surface area contributed by atoms with E-state index in [0.717, 1.165) is 85.3 Å². The molecular weight excluding hydrogens is 753 g/mol. The molecule has 0 amide bonds. The van der Waals surface area contributed by atoms with E-state index in [1.54, 1.807) is 51.1 Å². The van der Waals surface area contributed by atoms with Crippen LogP contribution < -0.4 is 18.9 Å². The molecule has 0 aliphatic rings. The summed E-state index contributed by atoms with van der Waals surface area (Å²) in [5.41, 5.74) is 2.07. The minimum atomic E-state index is -1.43. The highest BCUT2D eigenvalue weighted by Crippen LogP contribution is 2.51. The van der Waals surface area contributed by atoms with E-state index < -0.39 is 11.2 Å². The van der Waals surface area contributed by atoms with E-state index in [4.69, 9.17) is 18.9 Å². The van der Waals surface area contributed by atoms with Crippen LogP contribution in [-0.2, 0) is 11.2 Å². The summed E-state index contributed by atoms with van der Waals surface area (Å²) >= 11 is 6.47. The zero-order valence-corrected chi connectivity index (χ0v) is 33.1. The second-order valence-corrected chi connectivity index (χ2v) is 16.6. The van der Waals surface area contributed by atoms with Gasteiger partial charge in [-0.15, -0.1) is 45.3 Å². The molecule has 0 aliphatic heterocycles. The first-order valence-corrected chi connectivity index (χ1v) is 20.4. The standard InChI is InChI=1S/C44H36O6S4/c1-47-31-13-5-27(6-14-31)43(45,28-7-15-32(48-2)16-8-28)41-35(21-23-51-41)37-25-39-40(53-37)26-38(54-39)36-22-24-52-42(36)44(46,29-9-17-33(49-3)18-10-29)30-11-19-34(50-4)20-12-30/h5-26,45-46H,1-4H3.